The second kappa shape index (κ2) is 6.91. The highest BCUT2D eigenvalue weighted by molar-refractivity contribution is 9.10. The Labute approximate surface area is 137 Å². The molecule has 6 nitrogen and oxygen atoms in total. The number of halogens is 1. The molecule has 1 aromatic carbocycles. The number of piperidine rings is 1. The third-order valence-electron chi connectivity index (χ3n) is 3.79. The molecule has 1 aliphatic heterocycles. The molecule has 0 saturated carbocycles. The summed E-state index contributed by atoms with van der Waals surface area (Å²) < 4.78 is 0.936. The van der Waals surface area contributed by atoms with E-state index in [-0.39, 0.29) is 11.8 Å². The van der Waals surface area contributed by atoms with Crippen LogP contribution in [0.25, 0.3) is 0 Å². The number of carbonyl (C=O) groups is 3. The summed E-state index contributed by atoms with van der Waals surface area (Å²) in [5, 5.41) is 2.60. The summed E-state index contributed by atoms with van der Waals surface area (Å²) >= 11 is 3.38. The van der Waals surface area contributed by atoms with Gasteiger partial charge in [-0.15, -0.1) is 0 Å². The third-order valence-corrected chi connectivity index (χ3v) is 4.68. The number of rotatable bonds is 2. The maximum atomic E-state index is 12.1. The number of benzene rings is 1. The van der Waals surface area contributed by atoms with Gasteiger partial charge in [0.25, 0.3) is 0 Å². The molecule has 118 valence electrons. The van der Waals surface area contributed by atoms with Crippen molar-refractivity contribution in [3.8, 4) is 0 Å². The van der Waals surface area contributed by atoms with Crippen LogP contribution in [0.1, 0.15) is 18.4 Å². The van der Waals surface area contributed by atoms with E-state index in [9.17, 15) is 14.4 Å². The van der Waals surface area contributed by atoms with Crippen molar-refractivity contribution in [2.75, 3.05) is 18.4 Å². The zero-order valence-electron chi connectivity index (χ0n) is 12.3. The predicted molar refractivity (Wildman–Crippen MR) is 86.0 cm³/mol. The van der Waals surface area contributed by atoms with Gasteiger partial charge >= 0.3 is 11.8 Å². The van der Waals surface area contributed by atoms with Gasteiger partial charge in [-0.3, -0.25) is 14.4 Å². The quantitative estimate of drug-likeness (QED) is 0.774. The Morgan fingerprint density at radius 1 is 1.27 bits per heavy atom. The average Bonchev–Trinajstić information content (AvgIpc) is 2.50. The van der Waals surface area contributed by atoms with E-state index in [2.05, 4.69) is 21.2 Å². The van der Waals surface area contributed by atoms with Crippen LogP contribution in [-0.4, -0.2) is 35.7 Å². The fraction of sp³-hybridized carbons (Fsp3) is 0.400. The highest BCUT2D eigenvalue weighted by Gasteiger charge is 2.29. The SMILES string of the molecule is Cc1cc(NC(=O)C(=O)N2CCC(C(N)=O)CC2)ccc1Br. The van der Waals surface area contributed by atoms with Crippen LogP contribution in [0.4, 0.5) is 5.69 Å². The molecule has 1 aromatic rings. The number of nitrogens with two attached hydrogens (primary N) is 1. The Morgan fingerprint density at radius 3 is 2.45 bits per heavy atom. The molecule has 2 rings (SSSR count). The molecular formula is C15H18BrN3O3. The first kappa shape index (κ1) is 16.5. The van der Waals surface area contributed by atoms with Gasteiger partial charge in [-0.05, 0) is 43.5 Å². The minimum absolute atomic E-state index is 0.207. The molecule has 1 heterocycles. The summed E-state index contributed by atoms with van der Waals surface area (Å²) in [6, 6.07) is 5.32. The van der Waals surface area contributed by atoms with Crippen LogP contribution in [0.2, 0.25) is 0 Å². The Bertz CT molecular complexity index is 610. The molecule has 0 unspecified atom stereocenters. The lowest BCUT2D eigenvalue weighted by molar-refractivity contribution is -0.144. The van der Waals surface area contributed by atoms with Crippen molar-refractivity contribution >= 4 is 39.3 Å². The van der Waals surface area contributed by atoms with Crippen molar-refractivity contribution < 1.29 is 14.4 Å². The molecule has 0 aliphatic carbocycles. The highest BCUT2D eigenvalue weighted by Crippen LogP contribution is 2.20. The van der Waals surface area contributed by atoms with Crippen molar-refractivity contribution in [2.24, 2.45) is 11.7 Å². The number of hydrogen-bond donors (Lipinski definition) is 2. The molecule has 7 heteroatoms. The monoisotopic (exact) mass is 367 g/mol. The molecule has 1 fully saturated rings. The maximum absolute atomic E-state index is 12.1. The zero-order valence-corrected chi connectivity index (χ0v) is 13.9. The normalized spacial score (nSPS) is 15.5. The van der Waals surface area contributed by atoms with Gasteiger partial charge in [0, 0.05) is 29.2 Å². The van der Waals surface area contributed by atoms with Gasteiger partial charge in [-0.1, -0.05) is 15.9 Å². The highest BCUT2D eigenvalue weighted by atomic mass is 79.9. The van der Waals surface area contributed by atoms with Gasteiger partial charge in [-0.2, -0.15) is 0 Å². The Kier molecular flexibility index (Phi) is 5.18. The Hall–Kier alpha value is -1.89. The molecule has 1 saturated heterocycles. The first-order chi connectivity index (χ1) is 10.4. The number of aryl methyl sites for hydroxylation is 1. The zero-order chi connectivity index (χ0) is 16.3. The summed E-state index contributed by atoms with van der Waals surface area (Å²) in [4.78, 5) is 36.7. The van der Waals surface area contributed by atoms with Gasteiger partial charge in [-0.25, -0.2) is 0 Å². The van der Waals surface area contributed by atoms with Gasteiger partial charge in [0.05, 0.1) is 0 Å². The number of anilines is 1. The molecule has 0 spiro atoms. The van der Waals surface area contributed by atoms with Crippen LogP contribution in [0.15, 0.2) is 22.7 Å². The standard InChI is InChI=1S/C15H18BrN3O3/c1-9-8-11(2-3-12(9)16)18-14(21)15(22)19-6-4-10(5-7-19)13(17)20/h2-3,8,10H,4-7H2,1H3,(H2,17,20)(H,18,21). The van der Waals surface area contributed by atoms with Gasteiger partial charge in [0.2, 0.25) is 5.91 Å². The minimum Gasteiger partial charge on any atom is -0.369 e. The summed E-state index contributed by atoms with van der Waals surface area (Å²) in [5.74, 6) is -1.80. The number of carbonyl (C=O) groups excluding carboxylic acids is 3. The molecule has 0 atom stereocenters. The maximum Gasteiger partial charge on any atom is 0.313 e. The van der Waals surface area contributed by atoms with Crippen molar-refractivity contribution in [3.05, 3.63) is 28.2 Å². The number of nitrogens with zero attached hydrogens (tertiary/aromatic N) is 1. The topological polar surface area (TPSA) is 92.5 Å². The molecule has 3 amide bonds. The molecule has 3 N–H and O–H groups in total. The minimum atomic E-state index is -0.667. The van der Waals surface area contributed by atoms with E-state index in [0.29, 0.717) is 31.6 Å². The van der Waals surface area contributed by atoms with E-state index in [1.165, 1.54) is 4.90 Å². The Balaban J connectivity index is 1.94. The molecule has 0 aromatic heterocycles. The lowest BCUT2D eigenvalue weighted by Gasteiger charge is -2.29. The van der Waals surface area contributed by atoms with E-state index < -0.39 is 11.8 Å². The van der Waals surface area contributed by atoms with E-state index in [4.69, 9.17) is 5.73 Å². The molecule has 0 bridgehead atoms. The Morgan fingerprint density at radius 2 is 1.91 bits per heavy atom. The molecule has 1 aliphatic rings. The number of primary amides is 1. The summed E-state index contributed by atoms with van der Waals surface area (Å²) in [7, 11) is 0. The largest absolute Gasteiger partial charge is 0.369 e. The van der Waals surface area contributed by atoms with Crippen LogP contribution in [0.5, 0.6) is 0 Å². The molecule has 0 radical (unpaired) electrons. The van der Waals surface area contributed by atoms with Crippen molar-refractivity contribution in [1.29, 1.82) is 0 Å². The van der Waals surface area contributed by atoms with Crippen molar-refractivity contribution in [1.82, 2.24) is 4.90 Å². The third kappa shape index (κ3) is 3.85. The summed E-state index contributed by atoms with van der Waals surface area (Å²) in [5.41, 5.74) is 6.79. The summed E-state index contributed by atoms with van der Waals surface area (Å²) in [6.45, 7) is 2.65. The first-order valence-corrected chi connectivity index (χ1v) is 7.83. The van der Waals surface area contributed by atoms with Gasteiger partial charge < -0.3 is 16.0 Å². The van der Waals surface area contributed by atoms with Gasteiger partial charge in [0.1, 0.15) is 0 Å². The summed E-state index contributed by atoms with van der Waals surface area (Å²) in [6.07, 6.45) is 1.01. The van der Waals surface area contributed by atoms with Crippen molar-refractivity contribution in [3.63, 3.8) is 0 Å². The number of nitrogens with one attached hydrogen (secondary N) is 1. The number of amides is 3. The van der Waals surface area contributed by atoms with Crippen LogP contribution in [0, 0.1) is 12.8 Å². The van der Waals surface area contributed by atoms with Gasteiger partial charge in [0.15, 0.2) is 0 Å². The molecule has 22 heavy (non-hydrogen) atoms. The fourth-order valence-electron chi connectivity index (χ4n) is 2.42. The fourth-order valence-corrected chi connectivity index (χ4v) is 2.66. The van der Waals surface area contributed by atoms with E-state index >= 15 is 0 Å². The van der Waals surface area contributed by atoms with E-state index in [1.54, 1.807) is 12.1 Å². The smallest absolute Gasteiger partial charge is 0.313 e. The van der Waals surface area contributed by atoms with Crippen LogP contribution < -0.4 is 11.1 Å². The van der Waals surface area contributed by atoms with Crippen molar-refractivity contribution in [2.45, 2.75) is 19.8 Å². The average molecular weight is 368 g/mol. The second-order valence-electron chi connectivity index (χ2n) is 5.39. The first-order valence-electron chi connectivity index (χ1n) is 7.04. The second-order valence-corrected chi connectivity index (χ2v) is 6.24. The van der Waals surface area contributed by atoms with Crippen LogP contribution in [0.3, 0.4) is 0 Å². The molecular weight excluding hydrogens is 350 g/mol. The predicted octanol–water partition coefficient (Wildman–Crippen LogP) is 1.42. The van der Waals surface area contributed by atoms with E-state index in [1.807, 2.05) is 13.0 Å². The van der Waals surface area contributed by atoms with E-state index in [0.717, 1.165) is 10.0 Å². The number of hydrogen-bond acceptors (Lipinski definition) is 3. The van der Waals surface area contributed by atoms with Crippen LogP contribution >= 0.6 is 15.9 Å². The number of likely N-dealkylation sites (tertiary alicyclic amines) is 1. The lowest BCUT2D eigenvalue weighted by atomic mass is 9.96. The lowest BCUT2D eigenvalue weighted by Crippen LogP contribution is -2.46. The van der Waals surface area contributed by atoms with Crippen LogP contribution in [-0.2, 0) is 14.4 Å².